The van der Waals surface area contributed by atoms with Gasteiger partial charge in [-0.3, -0.25) is 9.63 Å². The highest BCUT2D eigenvalue weighted by Crippen LogP contribution is 2.04. The molecule has 0 bridgehead atoms. The monoisotopic (exact) mass is 294 g/mol. The van der Waals surface area contributed by atoms with Crippen molar-refractivity contribution in [1.82, 2.24) is 9.96 Å². The van der Waals surface area contributed by atoms with E-state index in [1.54, 1.807) is 14.1 Å². The molecule has 1 aromatic carbocycles. The fraction of sp³-hybridized carbons (Fsp3) is 0.467. The molecule has 21 heavy (non-hydrogen) atoms. The van der Waals surface area contributed by atoms with Crippen LogP contribution in [0.1, 0.15) is 18.4 Å². The summed E-state index contributed by atoms with van der Waals surface area (Å²) in [5, 5.41) is 1.17. The smallest absolute Gasteiger partial charge is 0.409 e. The van der Waals surface area contributed by atoms with Crippen molar-refractivity contribution in [3.63, 3.8) is 0 Å². The van der Waals surface area contributed by atoms with E-state index in [-0.39, 0.29) is 12.5 Å². The Bertz CT molecular complexity index is 450. The number of hydroxylamine groups is 2. The summed E-state index contributed by atoms with van der Waals surface area (Å²) in [7, 11) is 4.64. The van der Waals surface area contributed by atoms with E-state index in [1.807, 2.05) is 30.3 Å². The molecule has 0 aliphatic rings. The Morgan fingerprint density at radius 3 is 2.43 bits per heavy atom. The van der Waals surface area contributed by atoms with Crippen molar-refractivity contribution in [1.29, 1.82) is 0 Å². The molecule has 0 atom stereocenters. The SMILES string of the molecule is CON(C)C(=O)CCCN(C)C(=O)OCc1ccccc1. The standard InChI is InChI=1S/C15H22N2O4/c1-16(11-7-10-14(18)17(2)20-3)15(19)21-12-13-8-5-4-6-9-13/h4-6,8-9H,7,10-12H2,1-3H3. The number of carbonyl (C=O) groups excluding carboxylic acids is 2. The topological polar surface area (TPSA) is 59.1 Å². The van der Waals surface area contributed by atoms with Crippen molar-refractivity contribution in [2.75, 3.05) is 27.7 Å². The fourth-order valence-corrected chi connectivity index (χ4v) is 1.65. The van der Waals surface area contributed by atoms with E-state index < -0.39 is 6.09 Å². The van der Waals surface area contributed by atoms with E-state index in [0.29, 0.717) is 19.4 Å². The highest BCUT2D eigenvalue weighted by Gasteiger charge is 2.12. The maximum atomic E-state index is 11.8. The number of benzene rings is 1. The first-order valence-corrected chi connectivity index (χ1v) is 6.77. The number of hydrogen-bond acceptors (Lipinski definition) is 4. The van der Waals surface area contributed by atoms with Gasteiger partial charge in [0.05, 0.1) is 7.11 Å². The van der Waals surface area contributed by atoms with Gasteiger partial charge in [-0.05, 0) is 12.0 Å². The van der Waals surface area contributed by atoms with Crippen LogP contribution >= 0.6 is 0 Å². The molecular formula is C15H22N2O4. The summed E-state index contributed by atoms with van der Waals surface area (Å²) in [6.07, 6.45) is 0.482. The Morgan fingerprint density at radius 1 is 1.14 bits per heavy atom. The average Bonchev–Trinajstić information content (AvgIpc) is 2.52. The number of ether oxygens (including phenoxy) is 1. The van der Waals surface area contributed by atoms with Crippen molar-refractivity contribution in [3.05, 3.63) is 35.9 Å². The van der Waals surface area contributed by atoms with Crippen LogP contribution in [0, 0.1) is 0 Å². The third-order valence-electron chi connectivity index (χ3n) is 3.03. The number of carbonyl (C=O) groups is 2. The predicted molar refractivity (Wildman–Crippen MR) is 78.3 cm³/mol. The minimum Gasteiger partial charge on any atom is -0.445 e. The second-order valence-electron chi connectivity index (χ2n) is 4.64. The highest BCUT2D eigenvalue weighted by atomic mass is 16.7. The highest BCUT2D eigenvalue weighted by molar-refractivity contribution is 5.74. The lowest BCUT2D eigenvalue weighted by Crippen LogP contribution is -2.30. The summed E-state index contributed by atoms with van der Waals surface area (Å²) in [6.45, 7) is 0.701. The van der Waals surface area contributed by atoms with E-state index in [2.05, 4.69) is 0 Å². The molecule has 2 amide bonds. The molecule has 6 nitrogen and oxygen atoms in total. The zero-order valence-electron chi connectivity index (χ0n) is 12.7. The van der Waals surface area contributed by atoms with E-state index >= 15 is 0 Å². The molecule has 0 aliphatic carbocycles. The molecule has 0 aromatic heterocycles. The lowest BCUT2D eigenvalue weighted by Gasteiger charge is -2.18. The Hall–Kier alpha value is -2.08. The van der Waals surface area contributed by atoms with Gasteiger partial charge in [-0.1, -0.05) is 30.3 Å². The average molecular weight is 294 g/mol. The van der Waals surface area contributed by atoms with Crippen molar-refractivity contribution >= 4 is 12.0 Å². The van der Waals surface area contributed by atoms with E-state index in [4.69, 9.17) is 9.57 Å². The van der Waals surface area contributed by atoms with Gasteiger partial charge in [0.2, 0.25) is 5.91 Å². The Kier molecular flexibility index (Phi) is 7.25. The molecule has 0 N–H and O–H groups in total. The van der Waals surface area contributed by atoms with Gasteiger partial charge >= 0.3 is 6.09 Å². The molecule has 1 aromatic rings. The summed E-state index contributed by atoms with van der Waals surface area (Å²) < 4.78 is 5.18. The lowest BCUT2D eigenvalue weighted by molar-refractivity contribution is -0.168. The van der Waals surface area contributed by atoms with Crippen molar-refractivity contribution in [2.45, 2.75) is 19.4 Å². The molecule has 0 fully saturated rings. The molecule has 0 spiro atoms. The van der Waals surface area contributed by atoms with E-state index in [9.17, 15) is 9.59 Å². The number of nitrogens with zero attached hydrogens (tertiary/aromatic N) is 2. The van der Waals surface area contributed by atoms with Crippen molar-refractivity contribution in [2.24, 2.45) is 0 Å². The largest absolute Gasteiger partial charge is 0.445 e. The Labute approximate surface area is 125 Å². The maximum Gasteiger partial charge on any atom is 0.409 e. The minimum atomic E-state index is -0.397. The van der Waals surface area contributed by atoms with Crippen LogP contribution in [0.25, 0.3) is 0 Å². The molecule has 1 rings (SSSR count). The van der Waals surface area contributed by atoms with Crippen LogP contribution in [0.3, 0.4) is 0 Å². The van der Waals surface area contributed by atoms with Crippen molar-refractivity contribution < 1.29 is 19.2 Å². The lowest BCUT2D eigenvalue weighted by atomic mass is 10.2. The molecule has 0 radical (unpaired) electrons. The summed E-state index contributed by atoms with van der Waals surface area (Å²) in [4.78, 5) is 29.5. The zero-order chi connectivity index (χ0) is 15.7. The first-order valence-electron chi connectivity index (χ1n) is 6.77. The summed E-state index contributed by atoms with van der Waals surface area (Å²) in [5.41, 5.74) is 0.941. The van der Waals surface area contributed by atoms with Gasteiger partial charge in [-0.15, -0.1) is 0 Å². The van der Waals surface area contributed by atoms with Gasteiger partial charge in [0.15, 0.2) is 0 Å². The second kappa shape index (κ2) is 8.97. The van der Waals surface area contributed by atoms with Crippen LogP contribution in [0.5, 0.6) is 0 Å². The molecule has 6 heteroatoms. The number of rotatable bonds is 7. The minimum absolute atomic E-state index is 0.122. The molecular weight excluding hydrogens is 272 g/mol. The van der Waals surface area contributed by atoms with Gasteiger partial charge in [-0.25, -0.2) is 9.86 Å². The van der Waals surface area contributed by atoms with Crippen molar-refractivity contribution in [3.8, 4) is 0 Å². The molecule has 0 saturated heterocycles. The molecule has 0 unspecified atom stereocenters. The van der Waals surface area contributed by atoms with Crippen LogP contribution in [0.2, 0.25) is 0 Å². The normalized spacial score (nSPS) is 10.0. The first-order chi connectivity index (χ1) is 10.0. The zero-order valence-corrected chi connectivity index (χ0v) is 12.7. The fourth-order valence-electron chi connectivity index (χ4n) is 1.65. The molecule has 116 valence electrons. The quantitative estimate of drug-likeness (QED) is 0.722. The summed E-state index contributed by atoms with van der Waals surface area (Å²) >= 11 is 0. The van der Waals surface area contributed by atoms with Crippen LogP contribution < -0.4 is 0 Å². The molecule has 0 aliphatic heterocycles. The van der Waals surface area contributed by atoms with Crippen LogP contribution in [-0.2, 0) is 21.0 Å². The van der Waals surface area contributed by atoms with E-state index in [0.717, 1.165) is 5.56 Å². The number of amides is 2. The Balaban J connectivity index is 2.24. The third-order valence-corrected chi connectivity index (χ3v) is 3.03. The van der Waals surface area contributed by atoms with Gasteiger partial charge in [0, 0.05) is 27.1 Å². The number of hydrogen-bond donors (Lipinski definition) is 0. The maximum absolute atomic E-state index is 11.8. The predicted octanol–water partition coefficient (Wildman–Crippen LogP) is 2.05. The Morgan fingerprint density at radius 2 is 1.81 bits per heavy atom. The van der Waals surface area contributed by atoms with Crippen LogP contribution in [0.4, 0.5) is 4.79 Å². The van der Waals surface area contributed by atoms with Crippen LogP contribution in [0.15, 0.2) is 30.3 Å². The van der Waals surface area contributed by atoms with Gasteiger partial charge in [0.1, 0.15) is 6.61 Å². The van der Waals surface area contributed by atoms with Gasteiger partial charge < -0.3 is 9.64 Å². The summed E-state index contributed by atoms with van der Waals surface area (Å²) in [5.74, 6) is -0.122. The van der Waals surface area contributed by atoms with Gasteiger partial charge in [0.25, 0.3) is 0 Å². The second-order valence-corrected chi connectivity index (χ2v) is 4.64. The molecule has 0 heterocycles. The third kappa shape index (κ3) is 6.27. The molecule has 0 saturated carbocycles. The van der Waals surface area contributed by atoms with E-state index in [1.165, 1.54) is 17.1 Å². The summed E-state index contributed by atoms with van der Waals surface area (Å²) in [6, 6.07) is 9.49. The van der Waals surface area contributed by atoms with Gasteiger partial charge in [-0.2, -0.15) is 0 Å². The first kappa shape index (κ1) is 17.0. The van der Waals surface area contributed by atoms with Crippen LogP contribution in [-0.4, -0.2) is 49.7 Å².